The van der Waals surface area contributed by atoms with Gasteiger partial charge in [-0.05, 0) is 13.8 Å². The van der Waals surface area contributed by atoms with Crippen LogP contribution in [0.25, 0.3) is 0 Å². The van der Waals surface area contributed by atoms with E-state index in [2.05, 4.69) is 17.0 Å². The van der Waals surface area contributed by atoms with Crippen LogP contribution in [0.5, 0.6) is 0 Å². The molecule has 5 nitrogen and oxygen atoms in total. The Bertz CT molecular complexity index is 462. The van der Waals surface area contributed by atoms with Gasteiger partial charge in [0, 0.05) is 12.1 Å². The molecular weight excluding hydrogens is 240 g/mol. The minimum Gasteiger partial charge on any atom is -0.381 e. The molecule has 1 heterocycles. The number of allylic oxidation sites excluding steroid dienone is 1. The van der Waals surface area contributed by atoms with Crippen LogP contribution in [0.3, 0.4) is 0 Å². The van der Waals surface area contributed by atoms with E-state index in [1.54, 1.807) is 6.08 Å². The molecule has 6 heteroatoms. The highest BCUT2D eigenvalue weighted by atomic mass is 35.5. The summed E-state index contributed by atoms with van der Waals surface area (Å²) in [4.78, 5) is 11.8. The minimum absolute atomic E-state index is 0.117. The van der Waals surface area contributed by atoms with Gasteiger partial charge in [-0.2, -0.15) is 5.10 Å². The van der Waals surface area contributed by atoms with Crippen LogP contribution in [0, 0.1) is 0 Å². The third kappa shape index (κ3) is 3.87. The summed E-state index contributed by atoms with van der Waals surface area (Å²) in [5.74, 6) is 0. The lowest BCUT2D eigenvalue weighted by atomic mass is 10.1. The number of nitrogens with zero attached hydrogens (tertiary/aromatic N) is 2. The minimum atomic E-state index is -0.390. The molecule has 0 unspecified atom stereocenters. The Labute approximate surface area is 105 Å². The van der Waals surface area contributed by atoms with E-state index in [-0.39, 0.29) is 16.1 Å². The molecule has 0 bridgehead atoms. The molecule has 0 spiro atoms. The first-order valence-electron chi connectivity index (χ1n) is 5.24. The number of nitrogens with one attached hydrogen (secondary N) is 1. The maximum Gasteiger partial charge on any atom is 0.287 e. The molecule has 0 aliphatic rings. The lowest BCUT2D eigenvalue weighted by Gasteiger charge is -2.20. The highest BCUT2D eigenvalue weighted by Crippen LogP contribution is 2.15. The second-order valence-electron chi connectivity index (χ2n) is 4.49. The molecule has 0 saturated heterocycles. The van der Waals surface area contributed by atoms with Gasteiger partial charge in [0.2, 0.25) is 0 Å². The normalized spacial score (nSPS) is 11.3. The van der Waals surface area contributed by atoms with Gasteiger partial charge in [-0.25, -0.2) is 4.68 Å². The summed E-state index contributed by atoms with van der Waals surface area (Å²) in [6, 6.07) is 0. The molecule has 17 heavy (non-hydrogen) atoms. The first-order chi connectivity index (χ1) is 7.85. The second-order valence-corrected chi connectivity index (χ2v) is 4.87. The molecule has 3 N–H and O–H groups in total. The van der Waals surface area contributed by atoms with Gasteiger partial charge in [-0.15, -0.1) is 6.58 Å². The maximum absolute atomic E-state index is 11.8. The van der Waals surface area contributed by atoms with Crippen LogP contribution in [0.1, 0.15) is 13.8 Å². The zero-order valence-corrected chi connectivity index (χ0v) is 10.8. The quantitative estimate of drug-likeness (QED) is 0.778. The Kier molecular flexibility index (Phi) is 4.31. The van der Waals surface area contributed by atoms with E-state index in [4.69, 9.17) is 17.3 Å². The summed E-state index contributed by atoms with van der Waals surface area (Å²) in [6.45, 7) is 8.13. The van der Waals surface area contributed by atoms with Crippen LogP contribution in [-0.2, 0) is 6.54 Å². The summed E-state index contributed by atoms with van der Waals surface area (Å²) < 4.78 is 1.24. The Hall–Kier alpha value is -1.33. The number of hydrogen-bond acceptors (Lipinski definition) is 4. The summed E-state index contributed by atoms with van der Waals surface area (Å²) in [6.07, 6.45) is 3.10. The fraction of sp³-hybridized carbons (Fsp3) is 0.455. The number of rotatable bonds is 5. The van der Waals surface area contributed by atoms with E-state index in [1.807, 2.05) is 13.8 Å². The number of aromatic nitrogens is 2. The van der Waals surface area contributed by atoms with Crippen molar-refractivity contribution in [1.29, 1.82) is 0 Å². The van der Waals surface area contributed by atoms with Crippen molar-refractivity contribution in [3.05, 3.63) is 34.2 Å². The van der Waals surface area contributed by atoms with Gasteiger partial charge in [0.25, 0.3) is 5.56 Å². The van der Waals surface area contributed by atoms with Crippen molar-refractivity contribution in [2.24, 2.45) is 5.73 Å². The van der Waals surface area contributed by atoms with Crippen molar-refractivity contribution in [3.8, 4) is 0 Å². The average Bonchev–Trinajstić information content (AvgIpc) is 2.23. The van der Waals surface area contributed by atoms with Crippen molar-refractivity contribution in [2.75, 3.05) is 11.9 Å². The van der Waals surface area contributed by atoms with Crippen molar-refractivity contribution in [3.63, 3.8) is 0 Å². The van der Waals surface area contributed by atoms with Gasteiger partial charge < -0.3 is 11.1 Å². The van der Waals surface area contributed by atoms with Crippen molar-refractivity contribution >= 4 is 17.3 Å². The largest absolute Gasteiger partial charge is 0.381 e. The molecule has 0 fully saturated rings. The van der Waals surface area contributed by atoms with Gasteiger partial charge in [0.15, 0.2) is 0 Å². The fourth-order valence-electron chi connectivity index (χ4n) is 1.16. The molecule has 1 rings (SSSR count). The smallest absolute Gasteiger partial charge is 0.287 e. The van der Waals surface area contributed by atoms with Crippen molar-refractivity contribution in [1.82, 2.24) is 9.78 Å². The van der Waals surface area contributed by atoms with Crippen molar-refractivity contribution < 1.29 is 0 Å². The maximum atomic E-state index is 11.8. The summed E-state index contributed by atoms with van der Waals surface area (Å²) in [5.41, 5.74) is 5.59. The van der Waals surface area contributed by atoms with E-state index in [0.717, 1.165) is 0 Å². The standard InChI is InChI=1S/C11H17ClN4O/c1-4-5-16-10(17)9(12)8(6-15-16)14-7-11(2,3)13/h4,6,14H,1,5,7,13H2,2-3H3. The molecule has 0 aromatic carbocycles. The SMILES string of the molecule is C=CCn1ncc(NCC(C)(C)N)c(Cl)c1=O. The molecule has 0 radical (unpaired) electrons. The first-order valence-corrected chi connectivity index (χ1v) is 5.62. The highest BCUT2D eigenvalue weighted by molar-refractivity contribution is 6.32. The monoisotopic (exact) mass is 256 g/mol. The predicted octanol–water partition coefficient (Wildman–Crippen LogP) is 1.23. The number of hydrogen-bond donors (Lipinski definition) is 2. The van der Waals surface area contributed by atoms with E-state index in [1.165, 1.54) is 10.9 Å². The van der Waals surface area contributed by atoms with Crippen LogP contribution in [-0.4, -0.2) is 21.9 Å². The second kappa shape index (κ2) is 5.33. The Balaban J connectivity index is 2.93. The Morgan fingerprint density at radius 2 is 2.35 bits per heavy atom. The molecular formula is C11H17ClN4O. The lowest BCUT2D eigenvalue weighted by molar-refractivity contribution is 0.548. The molecule has 0 amide bonds. The number of nitrogens with two attached hydrogens (primary N) is 1. The van der Waals surface area contributed by atoms with Gasteiger partial charge in [0.05, 0.1) is 18.4 Å². The van der Waals surface area contributed by atoms with E-state index < -0.39 is 0 Å². The lowest BCUT2D eigenvalue weighted by Crippen LogP contribution is -2.40. The zero-order valence-electron chi connectivity index (χ0n) is 10.0. The van der Waals surface area contributed by atoms with E-state index in [0.29, 0.717) is 18.8 Å². The van der Waals surface area contributed by atoms with Gasteiger partial charge in [-0.3, -0.25) is 4.79 Å². The molecule has 1 aromatic heterocycles. The molecule has 0 aliphatic carbocycles. The van der Waals surface area contributed by atoms with Gasteiger partial charge >= 0.3 is 0 Å². The van der Waals surface area contributed by atoms with Crippen molar-refractivity contribution in [2.45, 2.75) is 25.9 Å². The first kappa shape index (κ1) is 13.7. The van der Waals surface area contributed by atoms with Gasteiger partial charge in [-0.1, -0.05) is 17.7 Å². The third-order valence-electron chi connectivity index (χ3n) is 2.02. The molecule has 0 aliphatic heterocycles. The Morgan fingerprint density at radius 3 is 2.88 bits per heavy atom. The predicted molar refractivity (Wildman–Crippen MR) is 70.5 cm³/mol. The fourth-order valence-corrected chi connectivity index (χ4v) is 1.38. The van der Waals surface area contributed by atoms with Crippen LogP contribution < -0.4 is 16.6 Å². The van der Waals surface area contributed by atoms with Crippen LogP contribution in [0.4, 0.5) is 5.69 Å². The molecule has 0 atom stereocenters. The Morgan fingerprint density at radius 1 is 1.71 bits per heavy atom. The molecule has 0 saturated carbocycles. The van der Waals surface area contributed by atoms with Gasteiger partial charge in [0.1, 0.15) is 5.02 Å². The van der Waals surface area contributed by atoms with Crippen LogP contribution >= 0.6 is 11.6 Å². The average molecular weight is 257 g/mol. The van der Waals surface area contributed by atoms with E-state index >= 15 is 0 Å². The zero-order chi connectivity index (χ0) is 13.1. The summed E-state index contributed by atoms with van der Waals surface area (Å²) in [5, 5.41) is 7.10. The number of anilines is 1. The topological polar surface area (TPSA) is 72.9 Å². The summed E-state index contributed by atoms with van der Waals surface area (Å²) in [7, 11) is 0. The summed E-state index contributed by atoms with van der Waals surface area (Å²) >= 11 is 5.95. The molecule has 94 valence electrons. The van der Waals surface area contributed by atoms with E-state index in [9.17, 15) is 4.79 Å². The van der Waals surface area contributed by atoms with Crippen LogP contribution in [0.15, 0.2) is 23.6 Å². The number of halogens is 1. The highest BCUT2D eigenvalue weighted by Gasteiger charge is 2.13. The third-order valence-corrected chi connectivity index (χ3v) is 2.39. The molecule has 1 aromatic rings. The van der Waals surface area contributed by atoms with Crippen LogP contribution in [0.2, 0.25) is 5.02 Å².